The number of nitrogens with zero attached hydrogens (tertiary/aromatic N) is 3. The van der Waals surface area contributed by atoms with Crippen LogP contribution >= 0.6 is 0 Å². The Hall–Kier alpha value is -3.36. The number of nitro benzene ring substituents is 1. The molecule has 2 aromatic rings. The van der Waals surface area contributed by atoms with Crippen LogP contribution in [0.25, 0.3) is 11.1 Å². The predicted molar refractivity (Wildman–Crippen MR) is 111 cm³/mol. The Morgan fingerprint density at radius 3 is 2.50 bits per heavy atom. The molecule has 1 aliphatic rings. The molecule has 1 aromatic heterocycles. The molecule has 0 spiro atoms. The summed E-state index contributed by atoms with van der Waals surface area (Å²) in [5, 5.41) is 11.4. The Morgan fingerprint density at radius 2 is 1.90 bits per heavy atom. The lowest BCUT2D eigenvalue weighted by Crippen LogP contribution is -2.40. The zero-order valence-electron chi connectivity index (χ0n) is 17.3. The largest absolute Gasteiger partial charge is 0.493 e. The van der Waals surface area contributed by atoms with Crippen molar-refractivity contribution in [3.63, 3.8) is 0 Å². The number of piperidine rings is 1. The average Bonchev–Trinajstić information content (AvgIpc) is 2.71. The molecule has 1 amide bonds. The summed E-state index contributed by atoms with van der Waals surface area (Å²) in [6, 6.07) is 5.77. The van der Waals surface area contributed by atoms with Gasteiger partial charge in [-0.25, -0.2) is 0 Å². The van der Waals surface area contributed by atoms with Crippen LogP contribution in [0.2, 0.25) is 0 Å². The van der Waals surface area contributed by atoms with Gasteiger partial charge >= 0.3 is 0 Å². The Kier molecular flexibility index (Phi) is 6.39. The summed E-state index contributed by atoms with van der Waals surface area (Å²) < 4.78 is 13.2. The highest BCUT2D eigenvalue weighted by molar-refractivity contribution is 5.77. The third kappa shape index (κ3) is 4.61. The first-order valence-electron chi connectivity index (χ1n) is 9.84. The number of ether oxygens (including phenoxy) is 2. The highest BCUT2D eigenvalue weighted by Gasteiger charge is 2.25. The van der Waals surface area contributed by atoms with E-state index in [-0.39, 0.29) is 23.3 Å². The van der Waals surface area contributed by atoms with Gasteiger partial charge in [-0.1, -0.05) is 0 Å². The maximum absolute atomic E-state index is 12.1. The van der Waals surface area contributed by atoms with Crippen LogP contribution in [0, 0.1) is 10.1 Å². The summed E-state index contributed by atoms with van der Waals surface area (Å²) >= 11 is 0. The van der Waals surface area contributed by atoms with Crippen LogP contribution in [0.3, 0.4) is 0 Å². The fourth-order valence-electron chi connectivity index (χ4n) is 3.50. The quantitative estimate of drug-likeness (QED) is 0.531. The molecule has 0 N–H and O–H groups in total. The molecule has 0 radical (unpaired) electrons. The second-order valence-corrected chi connectivity index (χ2v) is 7.19. The number of carbonyl (C=O) groups excluding carboxylic acids is 1. The second-order valence-electron chi connectivity index (χ2n) is 7.19. The molecule has 0 unspecified atom stereocenters. The van der Waals surface area contributed by atoms with Crippen LogP contribution in [-0.4, -0.2) is 46.1 Å². The van der Waals surface area contributed by atoms with Crippen molar-refractivity contribution in [3.8, 4) is 22.6 Å². The van der Waals surface area contributed by atoms with E-state index in [1.165, 1.54) is 22.8 Å². The van der Waals surface area contributed by atoms with Gasteiger partial charge in [-0.2, -0.15) is 0 Å². The van der Waals surface area contributed by atoms with E-state index >= 15 is 0 Å². The van der Waals surface area contributed by atoms with Crippen molar-refractivity contribution in [1.29, 1.82) is 0 Å². The number of hydrogen-bond acceptors (Lipinski definition) is 6. The van der Waals surface area contributed by atoms with Crippen LogP contribution in [0.4, 0.5) is 5.69 Å². The Balaban J connectivity index is 2.00. The molecule has 30 heavy (non-hydrogen) atoms. The first kappa shape index (κ1) is 21.4. The van der Waals surface area contributed by atoms with E-state index in [0.717, 1.165) is 0 Å². The van der Waals surface area contributed by atoms with E-state index in [1.54, 1.807) is 38.1 Å². The van der Waals surface area contributed by atoms with Gasteiger partial charge in [0, 0.05) is 75.4 Å². The van der Waals surface area contributed by atoms with Crippen molar-refractivity contribution in [2.75, 3.05) is 19.7 Å². The van der Waals surface area contributed by atoms with Gasteiger partial charge in [-0.05, 0) is 13.0 Å². The van der Waals surface area contributed by atoms with Gasteiger partial charge in [-0.3, -0.25) is 19.7 Å². The molecular formula is C21H25N3O6. The number of pyridine rings is 1. The minimum Gasteiger partial charge on any atom is -0.493 e. The Morgan fingerprint density at radius 1 is 1.20 bits per heavy atom. The third-order valence-corrected chi connectivity index (χ3v) is 5.14. The molecule has 2 heterocycles. The first-order chi connectivity index (χ1) is 14.3. The predicted octanol–water partition coefficient (Wildman–Crippen LogP) is 2.75. The zero-order chi connectivity index (χ0) is 21.8. The number of aryl methyl sites for hydroxylation is 1. The fourth-order valence-corrected chi connectivity index (χ4v) is 3.50. The first-order valence-corrected chi connectivity index (χ1v) is 9.84. The molecule has 9 nitrogen and oxygen atoms in total. The van der Waals surface area contributed by atoms with E-state index < -0.39 is 4.92 Å². The number of aromatic nitrogens is 1. The molecule has 0 saturated carbocycles. The summed E-state index contributed by atoms with van der Waals surface area (Å²) in [4.78, 5) is 36.3. The van der Waals surface area contributed by atoms with Gasteiger partial charge in [-0.15, -0.1) is 0 Å². The number of likely N-dealkylation sites (tertiary alicyclic amines) is 1. The molecule has 1 aliphatic heterocycles. The lowest BCUT2D eigenvalue weighted by atomic mass is 10.0. The van der Waals surface area contributed by atoms with Gasteiger partial charge in [0.1, 0.15) is 17.6 Å². The van der Waals surface area contributed by atoms with E-state index in [0.29, 0.717) is 55.2 Å². The van der Waals surface area contributed by atoms with Crippen LogP contribution in [0.15, 0.2) is 35.3 Å². The minimum atomic E-state index is -0.471. The summed E-state index contributed by atoms with van der Waals surface area (Å²) in [5.41, 5.74) is 0.697. The van der Waals surface area contributed by atoms with Crippen LogP contribution in [0.1, 0.15) is 26.7 Å². The van der Waals surface area contributed by atoms with E-state index in [9.17, 15) is 19.7 Å². The normalized spacial score (nSPS) is 14.4. The van der Waals surface area contributed by atoms with Gasteiger partial charge in [0.25, 0.3) is 11.2 Å². The summed E-state index contributed by atoms with van der Waals surface area (Å²) in [6.45, 7) is 4.90. The Bertz CT molecular complexity index is 1010. The molecule has 3 rings (SSSR count). The minimum absolute atomic E-state index is 0.0380. The smallest absolute Gasteiger partial charge is 0.270 e. The monoisotopic (exact) mass is 415 g/mol. The van der Waals surface area contributed by atoms with E-state index in [1.807, 2.05) is 0 Å². The second kappa shape index (κ2) is 8.98. The topological polar surface area (TPSA) is 104 Å². The number of benzene rings is 1. The third-order valence-electron chi connectivity index (χ3n) is 5.14. The van der Waals surface area contributed by atoms with Gasteiger partial charge in [0.2, 0.25) is 5.91 Å². The van der Waals surface area contributed by atoms with Crippen molar-refractivity contribution < 1.29 is 19.2 Å². The average molecular weight is 415 g/mol. The molecule has 0 bridgehead atoms. The zero-order valence-corrected chi connectivity index (χ0v) is 17.3. The lowest BCUT2D eigenvalue weighted by molar-refractivity contribution is -0.384. The van der Waals surface area contributed by atoms with Crippen molar-refractivity contribution in [3.05, 3.63) is 50.9 Å². The highest BCUT2D eigenvalue weighted by Crippen LogP contribution is 2.39. The standard InChI is InChI=1S/C21H25N3O6/c1-4-29-20-12-21(26)22(3)13-18(20)17-11-15(24(27)28)5-6-19(17)30-16-7-9-23(10-8-16)14(2)25/h5-6,11-13,16H,4,7-10H2,1-3H3. The Labute approximate surface area is 174 Å². The molecule has 1 aromatic carbocycles. The van der Waals surface area contributed by atoms with E-state index in [4.69, 9.17) is 9.47 Å². The number of non-ortho nitro benzene ring substituents is 1. The molecule has 9 heteroatoms. The van der Waals surface area contributed by atoms with Crippen molar-refractivity contribution in [2.24, 2.45) is 7.05 Å². The molecule has 0 aliphatic carbocycles. The number of rotatable bonds is 6. The van der Waals surface area contributed by atoms with E-state index in [2.05, 4.69) is 0 Å². The van der Waals surface area contributed by atoms with Crippen molar-refractivity contribution in [2.45, 2.75) is 32.8 Å². The molecule has 0 atom stereocenters. The molecule has 160 valence electrons. The fraction of sp³-hybridized carbons (Fsp3) is 0.429. The summed E-state index contributed by atoms with van der Waals surface area (Å²) in [6.07, 6.45) is 2.81. The SMILES string of the molecule is CCOc1cc(=O)n(C)cc1-c1cc([N+](=O)[O-])ccc1OC1CCN(C(C)=O)CC1. The van der Waals surface area contributed by atoms with Crippen LogP contribution < -0.4 is 15.0 Å². The van der Waals surface area contributed by atoms with Gasteiger partial charge < -0.3 is 18.9 Å². The summed E-state index contributed by atoms with van der Waals surface area (Å²) in [5.74, 6) is 0.856. The van der Waals surface area contributed by atoms with Gasteiger partial charge in [0.15, 0.2) is 0 Å². The van der Waals surface area contributed by atoms with Crippen molar-refractivity contribution in [1.82, 2.24) is 9.47 Å². The molecule has 1 saturated heterocycles. The number of nitro groups is 1. The molecule has 1 fully saturated rings. The molecular weight excluding hydrogens is 390 g/mol. The highest BCUT2D eigenvalue weighted by atomic mass is 16.6. The maximum atomic E-state index is 12.1. The lowest BCUT2D eigenvalue weighted by Gasteiger charge is -2.32. The number of carbonyl (C=O) groups is 1. The number of amides is 1. The number of hydrogen-bond donors (Lipinski definition) is 0. The van der Waals surface area contributed by atoms with Crippen LogP contribution in [0.5, 0.6) is 11.5 Å². The van der Waals surface area contributed by atoms with Crippen molar-refractivity contribution >= 4 is 11.6 Å². The van der Waals surface area contributed by atoms with Gasteiger partial charge in [0.05, 0.1) is 11.5 Å². The summed E-state index contributed by atoms with van der Waals surface area (Å²) in [7, 11) is 1.61. The van der Waals surface area contributed by atoms with Crippen LogP contribution in [-0.2, 0) is 11.8 Å². The maximum Gasteiger partial charge on any atom is 0.270 e.